The van der Waals surface area contributed by atoms with Crippen molar-refractivity contribution in [3.8, 4) is 5.75 Å². The molecule has 192 valence electrons. The summed E-state index contributed by atoms with van der Waals surface area (Å²) in [6, 6.07) is 22.9. The molecule has 0 unspecified atom stereocenters. The van der Waals surface area contributed by atoms with Crippen molar-refractivity contribution >= 4 is 39.9 Å². The van der Waals surface area contributed by atoms with Crippen LogP contribution in [0.25, 0.3) is 11.0 Å². The van der Waals surface area contributed by atoms with Crippen LogP contribution < -0.4 is 10.1 Å². The van der Waals surface area contributed by atoms with Gasteiger partial charge in [-0.2, -0.15) is 0 Å². The molecule has 3 aromatic carbocycles. The summed E-state index contributed by atoms with van der Waals surface area (Å²) in [5.74, 6) is -0.441. The molecular formula is C28H24FN5O3S. The van der Waals surface area contributed by atoms with E-state index in [4.69, 9.17) is 4.74 Å². The number of amides is 2. The van der Waals surface area contributed by atoms with Crippen molar-refractivity contribution < 1.29 is 18.7 Å². The number of carbonyl (C=O) groups is 2. The van der Waals surface area contributed by atoms with Gasteiger partial charge in [-0.25, -0.2) is 9.07 Å². The van der Waals surface area contributed by atoms with E-state index < -0.39 is 6.04 Å². The van der Waals surface area contributed by atoms with E-state index in [0.29, 0.717) is 32.9 Å². The molecule has 0 saturated carbocycles. The molecule has 2 amide bonds. The average molecular weight is 530 g/mol. The lowest BCUT2D eigenvalue weighted by Gasteiger charge is -2.30. The van der Waals surface area contributed by atoms with Gasteiger partial charge < -0.3 is 15.0 Å². The Balaban J connectivity index is 1.50. The molecule has 2 heterocycles. The third-order valence-corrected chi connectivity index (χ3v) is 6.95. The Hall–Kier alpha value is -4.57. The highest BCUT2D eigenvalue weighted by atomic mass is 32.1. The molecule has 0 saturated heterocycles. The summed E-state index contributed by atoms with van der Waals surface area (Å²) in [6.45, 7) is -0.0380. The minimum Gasteiger partial charge on any atom is -0.497 e. The molecule has 0 aliphatic heterocycles. The molecule has 0 radical (unpaired) electrons. The smallest absolute Gasteiger partial charge is 0.252 e. The second kappa shape index (κ2) is 11.2. The van der Waals surface area contributed by atoms with Crippen LogP contribution in [0.2, 0.25) is 0 Å². The summed E-state index contributed by atoms with van der Waals surface area (Å²) in [5, 5.41) is 13.1. The molecule has 8 nitrogen and oxygen atoms in total. The van der Waals surface area contributed by atoms with Crippen molar-refractivity contribution in [3.05, 3.63) is 107 Å². The maximum atomic E-state index is 13.9. The number of aromatic nitrogens is 3. The number of methoxy groups -OCH3 is 1. The van der Waals surface area contributed by atoms with Gasteiger partial charge in [0.25, 0.3) is 5.91 Å². The van der Waals surface area contributed by atoms with E-state index in [-0.39, 0.29) is 30.7 Å². The van der Waals surface area contributed by atoms with E-state index >= 15 is 0 Å². The van der Waals surface area contributed by atoms with Gasteiger partial charge in [0.1, 0.15) is 29.7 Å². The van der Waals surface area contributed by atoms with Crippen LogP contribution in [0.5, 0.6) is 5.75 Å². The number of nitrogens with zero attached hydrogens (tertiary/aromatic N) is 4. The first-order valence-electron chi connectivity index (χ1n) is 11.8. The largest absolute Gasteiger partial charge is 0.497 e. The lowest BCUT2D eigenvalue weighted by Crippen LogP contribution is -2.42. The summed E-state index contributed by atoms with van der Waals surface area (Å²) in [4.78, 5) is 29.8. The fraction of sp³-hybridized carbons (Fsp3) is 0.143. The number of nitrogens with one attached hydrogen (secondary N) is 1. The Kier molecular flexibility index (Phi) is 7.41. The third-order valence-electron chi connectivity index (χ3n) is 6.02. The number of thiophene rings is 1. The molecule has 0 fully saturated rings. The highest BCUT2D eigenvalue weighted by molar-refractivity contribution is 7.10. The SMILES string of the molecule is COc1ccc(NC(=O)[C@H](c2cccs2)N(Cc2ccc(F)cc2)C(=O)Cn2nnc3ccccc32)cc1. The average Bonchev–Trinajstić information content (AvgIpc) is 3.61. The molecule has 1 N–H and O–H groups in total. The topological polar surface area (TPSA) is 89.4 Å². The van der Waals surface area contributed by atoms with Gasteiger partial charge in [-0.1, -0.05) is 35.5 Å². The number of carbonyl (C=O) groups excluding carboxylic acids is 2. The molecule has 5 rings (SSSR count). The fourth-order valence-electron chi connectivity index (χ4n) is 4.12. The summed E-state index contributed by atoms with van der Waals surface area (Å²) in [5.41, 5.74) is 2.62. The van der Waals surface area contributed by atoms with Crippen molar-refractivity contribution in [1.29, 1.82) is 0 Å². The van der Waals surface area contributed by atoms with Gasteiger partial charge in [0, 0.05) is 17.1 Å². The Morgan fingerprint density at radius 2 is 1.79 bits per heavy atom. The molecule has 0 aliphatic carbocycles. The number of hydrogen-bond donors (Lipinski definition) is 1. The second-order valence-electron chi connectivity index (χ2n) is 8.52. The number of halogens is 1. The van der Waals surface area contributed by atoms with Gasteiger partial charge in [0.2, 0.25) is 5.91 Å². The Morgan fingerprint density at radius 1 is 1.03 bits per heavy atom. The summed E-state index contributed by atoms with van der Waals surface area (Å²) in [7, 11) is 1.57. The van der Waals surface area contributed by atoms with Crippen LogP contribution in [-0.2, 0) is 22.7 Å². The van der Waals surface area contributed by atoms with E-state index in [1.165, 1.54) is 33.1 Å². The van der Waals surface area contributed by atoms with E-state index in [1.54, 1.807) is 43.5 Å². The lowest BCUT2D eigenvalue weighted by atomic mass is 10.1. The first-order valence-corrected chi connectivity index (χ1v) is 12.7. The van der Waals surface area contributed by atoms with Crippen LogP contribution >= 0.6 is 11.3 Å². The maximum absolute atomic E-state index is 13.9. The molecule has 1 atom stereocenters. The first-order chi connectivity index (χ1) is 18.5. The van der Waals surface area contributed by atoms with Crippen molar-refractivity contribution in [2.75, 3.05) is 12.4 Å². The Bertz CT molecular complexity index is 1540. The predicted octanol–water partition coefficient (Wildman–Crippen LogP) is 5.05. The van der Waals surface area contributed by atoms with Crippen LogP contribution in [0.3, 0.4) is 0 Å². The highest BCUT2D eigenvalue weighted by Gasteiger charge is 2.33. The first kappa shape index (κ1) is 25.1. The molecule has 5 aromatic rings. The Morgan fingerprint density at radius 3 is 2.50 bits per heavy atom. The number of rotatable bonds is 9. The Labute approximate surface area is 222 Å². The monoisotopic (exact) mass is 529 g/mol. The number of benzene rings is 3. The van der Waals surface area contributed by atoms with Crippen LogP contribution in [-0.4, -0.2) is 38.8 Å². The lowest BCUT2D eigenvalue weighted by molar-refractivity contribution is -0.140. The minimum absolute atomic E-state index is 0.0876. The number of anilines is 1. The molecule has 10 heteroatoms. The third kappa shape index (κ3) is 5.55. The van der Waals surface area contributed by atoms with Gasteiger partial charge >= 0.3 is 0 Å². The number of ether oxygens (including phenoxy) is 1. The number of para-hydroxylation sites is 1. The van der Waals surface area contributed by atoms with E-state index in [0.717, 1.165) is 0 Å². The normalized spacial score (nSPS) is 11.7. The summed E-state index contributed by atoms with van der Waals surface area (Å²) in [6.07, 6.45) is 0. The zero-order valence-corrected chi connectivity index (χ0v) is 21.3. The fourth-order valence-corrected chi connectivity index (χ4v) is 4.95. The van der Waals surface area contributed by atoms with Gasteiger partial charge in [0.15, 0.2) is 0 Å². The zero-order valence-electron chi connectivity index (χ0n) is 20.5. The van der Waals surface area contributed by atoms with Gasteiger partial charge in [-0.3, -0.25) is 9.59 Å². The standard InChI is InChI=1S/C28H24FN5O3S/c1-37-22-14-12-21(13-15-22)30-28(36)27(25-7-4-16-38-25)33(17-19-8-10-20(29)11-9-19)26(35)18-34-24-6-3-2-5-23(24)31-32-34/h2-16,27H,17-18H2,1H3,(H,30,36)/t27-/m0/s1. The highest BCUT2D eigenvalue weighted by Crippen LogP contribution is 2.29. The van der Waals surface area contributed by atoms with Crippen molar-refractivity contribution in [2.24, 2.45) is 0 Å². The molecule has 0 aliphatic rings. The quantitative estimate of drug-likeness (QED) is 0.289. The molecular weight excluding hydrogens is 505 g/mol. The summed E-state index contributed by atoms with van der Waals surface area (Å²) < 4.78 is 20.3. The van der Waals surface area contributed by atoms with Gasteiger partial charge in [-0.15, -0.1) is 16.4 Å². The van der Waals surface area contributed by atoms with Gasteiger partial charge in [-0.05, 0) is 65.5 Å². The maximum Gasteiger partial charge on any atom is 0.252 e. The van der Waals surface area contributed by atoms with Crippen LogP contribution in [0, 0.1) is 5.82 Å². The predicted molar refractivity (Wildman–Crippen MR) is 143 cm³/mol. The zero-order chi connectivity index (χ0) is 26.5. The van der Waals surface area contributed by atoms with E-state index in [1.807, 2.05) is 41.8 Å². The summed E-state index contributed by atoms with van der Waals surface area (Å²) >= 11 is 1.38. The number of hydrogen-bond acceptors (Lipinski definition) is 6. The van der Waals surface area contributed by atoms with Crippen molar-refractivity contribution in [3.63, 3.8) is 0 Å². The molecule has 38 heavy (non-hydrogen) atoms. The van der Waals surface area contributed by atoms with Crippen molar-refractivity contribution in [1.82, 2.24) is 19.9 Å². The van der Waals surface area contributed by atoms with Crippen LogP contribution in [0.15, 0.2) is 90.3 Å². The van der Waals surface area contributed by atoms with Crippen LogP contribution in [0.1, 0.15) is 16.5 Å². The number of fused-ring (bicyclic) bond motifs is 1. The molecule has 0 spiro atoms. The van der Waals surface area contributed by atoms with Crippen molar-refractivity contribution in [2.45, 2.75) is 19.1 Å². The van der Waals surface area contributed by atoms with Crippen LogP contribution in [0.4, 0.5) is 10.1 Å². The second-order valence-corrected chi connectivity index (χ2v) is 9.50. The van der Waals surface area contributed by atoms with E-state index in [9.17, 15) is 14.0 Å². The van der Waals surface area contributed by atoms with E-state index in [2.05, 4.69) is 15.6 Å². The molecule has 2 aromatic heterocycles. The van der Waals surface area contributed by atoms with Gasteiger partial charge in [0.05, 0.1) is 12.6 Å². The minimum atomic E-state index is -0.940. The molecule has 0 bridgehead atoms.